The fourth-order valence-corrected chi connectivity index (χ4v) is 2.34. The number of hydrogen-bond acceptors (Lipinski definition) is 4. The first-order valence-corrected chi connectivity index (χ1v) is 6.00. The van der Waals surface area contributed by atoms with E-state index < -0.39 is 0 Å². The fourth-order valence-electron chi connectivity index (χ4n) is 2.34. The van der Waals surface area contributed by atoms with Crippen molar-refractivity contribution in [1.29, 1.82) is 0 Å². The van der Waals surface area contributed by atoms with E-state index in [2.05, 4.69) is 4.90 Å². The molecule has 4 nitrogen and oxygen atoms in total. The van der Waals surface area contributed by atoms with E-state index >= 15 is 0 Å². The number of ether oxygens (including phenoxy) is 2. The van der Waals surface area contributed by atoms with Crippen LogP contribution in [0.1, 0.15) is 19.3 Å². The van der Waals surface area contributed by atoms with Gasteiger partial charge in [0, 0.05) is 6.54 Å². The first-order chi connectivity index (χ1) is 7.38. The molecule has 88 valence electrons. The minimum absolute atomic E-state index is 0.383. The number of likely N-dealkylation sites (tertiary alicyclic amines) is 1. The summed E-state index contributed by atoms with van der Waals surface area (Å²) in [6.07, 6.45) is 3.92. The molecule has 2 rings (SSSR count). The first-order valence-electron chi connectivity index (χ1n) is 6.00. The summed E-state index contributed by atoms with van der Waals surface area (Å²) in [5.74, 6) is 0.747. The van der Waals surface area contributed by atoms with Crippen LogP contribution in [0, 0.1) is 5.92 Å². The van der Waals surface area contributed by atoms with Gasteiger partial charge in [0.25, 0.3) is 0 Å². The van der Waals surface area contributed by atoms with E-state index in [9.17, 15) is 0 Å². The van der Waals surface area contributed by atoms with Crippen molar-refractivity contribution in [2.75, 3.05) is 39.6 Å². The maximum atomic E-state index is 5.67. The normalized spacial score (nSPS) is 30.6. The second-order valence-electron chi connectivity index (χ2n) is 4.58. The third kappa shape index (κ3) is 3.41. The molecule has 0 saturated carbocycles. The van der Waals surface area contributed by atoms with Crippen LogP contribution in [0.3, 0.4) is 0 Å². The molecule has 0 aromatic rings. The highest BCUT2D eigenvalue weighted by Gasteiger charge is 2.22. The quantitative estimate of drug-likeness (QED) is 0.739. The van der Waals surface area contributed by atoms with Gasteiger partial charge in [-0.3, -0.25) is 0 Å². The SMILES string of the molecule is NCC1CCN(CC2CCOCO2)CC1. The molecule has 0 aromatic carbocycles. The van der Waals surface area contributed by atoms with Gasteiger partial charge in [-0.1, -0.05) is 0 Å². The standard InChI is InChI=1S/C11H22N2O2/c12-7-10-1-4-13(5-2-10)8-11-3-6-14-9-15-11/h10-11H,1-9,12H2. The fraction of sp³-hybridized carbons (Fsp3) is 1.00. The second kappa shape index (κ2) is 5.80. The maximum Gasteiger partial charge on any atom is 0.147 e. The zero-order chi connectivity index (χ0) is 10.5. The van der Waals surface area contributed by atoms with Crippen molar-refractivity contribution in [3.8, 4) is 0 Å². The Kier molecular flexibility index (Phi) is 4.38. The van der Waals surface area contributed by atoms with Crippen LogP contribution in [-0.4, -0.2) is 50.6 Å². The van der Waals surface area contributed by atoms with Crippen molar-refractivity contribution in [2.45, 2.75) is 25.4 Å². The van der Waals surface area contributed by atoms with E-state index in [1.165, 1.54) is 25.9 Å². The van der Waals surface area contributed by atoms with Crippen molar-refractivity contribution in [3.63, 3.8) is 0 Å². The molecular weight excluding hydrogens is 192 g/mol. The Balaban J connectivity index is 1.67. The Morgan fingerprint density at radius 2 is 2.00 bits per heavy atom. The van der Waals surface area contributed by atoms with Crippen molar-refractivity contribution < 1.29 is 9.47 Å². The molecule has 0 aromatic heterocycles. The van der Waals surface area contributed by atoms with E-state index in [1.54, 1.807) is 0 Å². The molecule has 2 N–H and O–H groups in total. The first kappa shape index (κ1) is 11.3. The largest absolute Gasteiger partial charge is 0.355 e. The van der Waals surface area contributed by atoms with Gasteiger partial charge in [-0.15, -0.1) is 0 Å². The molecule has 1 unspecified atom stereocenters. The number of nitrogens with zero attached hydrogens (tertiary/aromatic N) is 1. The van der Waals surface area contributed by atoms with Gasteiger partial charge in [-0.2, -0.15) is 0 Å². The molecule has 2 aliphatic heterocycles. The monoisotopic (exact) mass is 214 g/mol. The highest BCUT2D eigenvalue weighted by molar-refractivity contribution is 4.75. The molecule has 0 bridgehead atoms. The Morgan fingerprint density at radius 1 is 1.20 bits per heavy atom. The minimum Gasteiger partial charge on any atom is -0.355 e. The second-order valence-corrected chi connectivity index (χ2v) is 4.58. The van der Waals surface area contributed by atoms with Crippen molar-refractivity contribution in [2.24, 2.45) is 11.7 Å². The number of hydrogen-bond donors (Lipinski definition) is 1. The van der Waals surface area contributed by atoms with Gasteiger partial charge in [0.2, 0.25) is 0 Å². The van der Waals surface area contributed by atoms with Gasteiger partial charge in [0.15, 0.2) is 0 Å². The molecule has 4 heteroatoms. The summed E-state index contributed by atoms with van der Waals surface area (Å²) in [7, 11) is 0. The van der Waals surface area contributed by atoms with Gasteiger partial charge in [0.05, 0.1) is 12.7 Å². The lowest BCUT2D eigenvalue weighted by atomic mass is 9.97. The summed E-state index contributed by atoms with van der Waals surface area (Å²) in [5.41, 5.74) is 5.67. The van der Waals surface area contributed by atoms with Crippen LogP contribution in [0.25, 0.3) is 0 Å². The van der Waals surface area contributed by atoms with Crippen LogP contribution in [0.15, 0.2) is 0 Å². The molecule has 0 radical (unpaired) electrons. The average molecular weight is 214 g/mol. The van der Waals surface area contributed by atoms with Gasteiger partial charge in [-0.25, -0.2) is 0 Å². The summed E-state index contributed by atoms with van der Waals surface area (Å²) in [5, 5.41) is 0. The van der Waals surface area contributed by atoms with Crippen molar-refractivity contribution >= 4 is 0 Å². The van der Waals surface area contributed by atoms with Crippen LogP contribution >= 0.6 is 0 Å². The molecule has 1 atom stereocenters. The van der Waals surface area contributed by atoms with Crippen LogP contribution in [0.4, 0.5) is 0 Å². The Labute approximate surface area is 91.7 Å². The molecule has 15 heavy (non-hydrogen) atoms. The minimum atomic E-state index is 0.383. The van der Waals surface area contributed by atoms with E-state index in [0.29, 0.717) is 12.9 Å². The predicted octanol–water partition coefficient (Wildman–Crippen LogP) is 0.420. The van der Waals surface area contributed by atoms with E-state index in [-0.39, 0.29) is 0 Å². The third-order valence-corrected chi connectivity index (χ3v) is 3.47. The summed E-state index contributed by atoms with van der Waals surface area (Å²) in [6.45, 7) is 5.61. The van der Waals surface area contributed by atoms with Gasteiger partial charge < -0.3 is 20.1 Å². The molecule has 2 saturated heterocycles. The van der Waals surface area contributed by atoms with Gasteiger partial charge in [-0.05, 0) is 44.8 Å². The van der Waals surface area contributed by atoms with E-state index in [1.807, 2.05) is 0 Å². The van der Waals surface area contributed by atoms with Gasteiger partial charge >= 0.3 is 0 Å². The topological polar surface area (TPSA) is 47.7 Å². The highest BCUT2D eigenvalue weighted by Crippen LogP contribution is 2.17. The lowest BCUT2D eigenvalue weighted by Crippen LogP contribution is -2.42. The number of rotatable bonds is 3. The summed E-state index contributed by atoms with van der Waals surface area (Å²) in [4.78, 5) is 2.50. The lowest BCUT2D eigenvalue weighted by molar-refractivity contribution is -0.145. The molecule has 2 fully saturated rings. The van der Waals surface area contributed by atoms with Crippen LogP contribution < -0.4 is 5.73 Å². The molecule has 2 heterocycles. The lowest BCUT2D eigenvalue weighted by Gasteiger charge is -2.34. The summed E-state index contributed by atoms with van der Waals surface area (Å²) in [6, 6.07) is 0. The summed E-state index contributed by atoms with van der Waals surface area (Å²) >= 11 is 0. The Hall–Kier alpha value is -0.160. The predicted molar refractivity (Wildman–Crippen MR) is 58.5 cm³/mol. The smallest absolute Gasteiger partial charge is 0.147 e. The third-order valence-electron chi connectivity index (χ3n) is 3.47. The molecular formula is C11H22N2O2. The van der Waals surface area contributed by atoms with Crippen LogP contribution in [0.2, 0.25) is 0 Å². The number of piperidine rings is 1. The molecule has 2 aliphatic rings. The molecule has 0 aliphatic carbocycles. The van der Waals surface area contributed by atoms with Crippen LogP contribution in [-0.2, 0) is 9.47 Å². The Bertz CT molecular complexity index is 175. The highest BCUT2D eigenvalue weighted by atomic mass is 16.7. The summed E-state index contributed by atoms with van der Waals surface area (Å²) < 4.78 is 10.7. The number of nitrogens with two attached hydrogens (primary N) is 1. The van der Waals surface area contributed by atoms with Gasteiger partial charge in [0.1, 0.15) is 6.79 Å². The van der Waals surface area contributed by atoms with E-state index in [0.717, 1.165) is 32.0 Å². The zero-order valence-corrected chi connectivity index (χ0v) is 9.36. The Morgan fingerprint density at radius 3 is 2.60 bits per heavy atom. The molecule has 0 amide bonds. The maximum absolute atomic E-state index is 5.67. The van der Waals surface area contributed by atoms with Crippen LogP contribution in [0.5, 0.6) is 0 Å². The average Bonchev–Trinajstić information content (AvgIpc) is 2.31. The van der Waals surface area contributed by atoms with E-state index in [4.69, 9.17) is 15.2 Å². The molecule has 0 spiro atoms. The van der Waals surface area contributed by atoms with Crippen molar-refractivity contribution in [1.82, 2.24) is 4.90 Å². The zero-order valence-electron chi connectivity index (χ0n) is 9.36. The van der Waals surface area contributed by atoms with Crippen molar-refractivity contribution in [3.05, 3.63) is 0 Å².